The van der Waals surface area contributed by atoms with Gasteiger partial charge in [0, 0.05) is 10.8 Å². The molecule has 0 saturated carbocycles. The third-order valence-corrected chi connectivity index (χ3v) is 3.89. The largest absolute Gasteiger partial charge is 0.496 e. The molecule has 1 aromatic heterocycles. The van der Waals surface area contributed by atoms with Crippen LogP contribution in [0.15, 0.2) is 53.5 Å². The van der Waals surface area contributed by atoms with Crippen molar-refractivity contribution in [3.05, 3.63) is 70.5 Å². The van der Waals surface area contributed by atoms with E-state index in [-0.39, 0.29) is 5.82 Å². The number of rotatable bonds is 4. The van der Waals surface area contributed by atoms with E-state index in [0.29, 0.717) is 22.4 Å². The lowest BCUT2D eigenvalue weighted by Crippen LogP contribution is -2.21. The second-order valence-electron chi connectivity index (χ2n) is 5.49. The zero-order valence-corrected chi connectivity index (χ0v) is 14.1. The minimum absolute atomic E-state index is 0.342. The molecule has 0 fully saturated rings. The first-order chi connectivity index (χ1) is 12.1. The molecule has 1 heterocycles. The van der Waals surface area contributed by atoms with E-state index < -0.39 is 0 Å². The average molecular weight is 335 g/mol. The predicted molar refractivity (Wildman–Crippen MR) is 98.4 cm³/mol. The van der Waals surface area contributed by atoms with Crippen LogP contribution < -0.4 is 15.3 Å². The van der Waals surface area contributed by atoms with Crippen LogP contribution in [0.5, 0.6) is 5.75 Å². The molecule has 4 nitrogen and oxygen atoms in total. The Hall–Kier alpha value is -3.21. The van der Waals surface area contributed by atoms with Crippen LogP contribution in [0, 0.1) is 5.82 Å². The zero-order chi connectivity index (χ0) is 17.8. The van der Waals surface area contributed by atoms with Crippen molar-refractivity contribution in [2.24, 2.45) is 4.99 Å². The van der Waals surface area contributed by atoms with Crippen molar-refractivity contribution in [1.82, 2.24) is 10.2 Å². The molecule has 0 atom stereocenters. The fraction of sp³-hybridized carbons (Fsp3) is 0.100. The Kier molecular flexibility index (Phi) is 4.75. The van der Waals surface area contributed by atoms with Gasteiger partial charge in [-0.05, 0) is 19.1 Å². The first-order valence-electron chi connectivity index (χ1n) is 7.78. The summed E-state index contributed by atoms with van der Waals surface area (Å²) in [5.74, 6) is 0.0671. The van der Waals surface area contributed by atoms with Crippen LogP contribution in [0.3, 0.4) is 0 Å². The van der Waals surface area contributed by atoms with Gasteiger partial charge in [0.1, 0.15) is 11.6 Å². The van der Waals surface area contributed by atoms with Crippen molar-refractivity contribution in [3.8, 4) is 17.0 Å². The van der Waals surface area contributed by atoms with E-state index in [2.05, 4.69) is 21.8 Å². The third kappa shape index (κ3) is 3.35. The molecule has 3 rings (SSSR count). The molecule has 0 bridgehead atoms. The Morgan fingerprint density at radius 3 is 2.68 bits per heavy atom. The Morgan fingerprint density at radius 1 is 1.20 bits per heavy atom. The first kappa shape index (κ1) is 16.6. The van der Waals surface area contributed by atoms with Crippen LogP contribution in [-0.4, -0.2) is 23.0 Å². The molecule has 0 radical (unpaired) electrons. The summed E-state index contributed by atoms with van der Waals surface area (Å²) in [5, 5.41) is 8.64. The number of methoxy groups -OCH3 is 1. The average Bonchev–Trinajstić information content (AvgIpc) is 3.00. The van der Waals surface area contributed by atoms with E-state index in [1.54, 1.807) is 25.3 Å². The number of hydrogen-bond donors (Lipinski definition) is 1. The molecule has 2 aromatic carbocycles. The van der Waals surface area contributed by atoms with Gasteiger partial charge in [-0.25, -0.2) is 4.39 Å². The Bertz CT molecular complexity index is 1020. The number of H-pyrrole nitrogens is 1. The summed E-state index contributed by atoms with van der Waals surface area (Å²) in [6.45, 7) is 5.80. The van der Waals surface area contributed by atoms with Crippen LogP contribution in [0.1, 0.15) is 12.5 Å². The molecule has 1 N–H and O–H groups in total. The summed E-state index contributed by atoms with van der Waals surface area (Å²) in [6.07, 6.45) is 1.60. The first-order valence-corrected chi connectivity index (χ1v) is 7.78. The molecule has 0 aliphatic carbocycles. The van der Waals surface area contributed by atoms with Crippen molar-refractivity contribution in [2.75, 3.05) is 7.11 Å². The number of halogens is 1. The van der Waals surface area contributed by atoms with Crippen molar-refractivity contribution in [1.29, 1.82) is 0 Å². The number of hydrogen-bond acceptors (Lipinski definition) is 3. The Morgan fingerprint density at radius 2 is 1.96 bits per heavy atom. The van der Waals surface area contributed by atoms with Crippen LogP contribution in [0.4, 0.5) is 4.39 Å². The highest BCUT2D eigenvalue weighted by molar-refractivity contribution is 6.02. The number of nitrogens with zero attached hydrogens (tertiary/aromatic N) is 2. The van der Waals surface area contributed by atoms with Gasteiger partial charge < -0.3 is 4.74 Å². The summed E-state index contributed by atoms with van der Waals surface area (Å²) in [4.78, 5) is 4.36. The Balaban J connectivity index is 2.02. The molecule has 5 heteroatoms. The molecule has 0 aliphatic rings. The van der Waals surface area contributed by atoms with Crippen LogP contribution >= 0.6 is 0 Å². The lowest BCUT2D eigenvalue weighted by Gasteiger charge is -2.08. The maximum atomic E-state index is 14.1. The zero-order valence-electron chi connectivity index (χ0n) is 14.1. The topological polar surface area (TPSA) is 50.3 Å². The minimum Gasteiger partial charge on any atom is -0.496 e. The minimum atomic E-state index is -0.376. The number of aromatic amines is 1. The molecule has 0 spiro atoms. The number of nitrogens with one attached hydrogen (secondary N) is 1. The lowest BCUT2D eigenvalue weighted by molar-refractivity contribution is 0.410. The van der Waals surface area contributed by atoms with Crippen LogP contribution in [-0.2, 0) is 0 Å². The van der Waals surface area contributed by atoms with E-state index >= 15 is 0 Å². The van der Waals surface area contributed by atoms with Crippen molar-refractivity contribution >= 4 is 18.5 Å². The monoisotopic (exact) mass is 335 g/mol. The molecule has 0 unspecified atom stereocenters. The van der Waals surface area contributed by atoms with E-state index in [9.17, 15) is 4.39 Å². The van der Waals surface area contributed by atoms with E-state index in [0.717, 1.165) is 16.5 Å². The Labute approximate surface area is 145 Å². The maximum absolute atomic E-state index is 14.1. The van der Waals surface area contributed by atoms with Gasteiger partial charge in [0.15, 0.2) is 0 Å². The second-order valence-corrected chi connectivity index (χ2v) is 5.49. The third-order valence-electron chi connectivity index (χ3n) is 3.89. The molecule has 0 amide bonds. The highest BCUT2D eigenvalue weighted by Crippen LogP contribution is 2.22. The standard InChI is InChI=1S/C20H18FN3O/c1-13-17(23-24-20(13)15-8-5-4-6-9-15)12-22-14(2)19-16(21)10-7-11-18(19)25-3/h4-12,23H,1H2,2-3H3/b17-12+,22-14+. The molecule has 0 saturated heterocycles. The lowest BCUT2D eigenvalue weighted by atomic mass is 10.1. The SMILES string of the molecule is C=c1c(-c2ccccc2)n[nH]/c1=C/N=C(\C)c1c(F)cccc1OC. The van der Waals surface area contributed by atoms with E-state index in [1.165, 1.54) is 13.2 Å². The predicted octanol–water partition coefficient (Wildman–Crippen LogP) is 2.88. The quantitative estimate of drug-likeness (QED) is 0.746. The molecule has 0 aliphatic heterocycles. The molecule has 25 heavy (non-hydrogen) atoms. The number of ether oxygens (including phenoxy) is 1. The highest BCUT2D eigenvalue weighted by Gasteiger charge is 2.11. The van der Waals surface area contributed by atoms with Gasteiger partial charge in [-0.3, -0.25) is 10.1 Å². The number of aromatic nitrogens is 2. The fourth-order valence-electron chi connectivity index (χ4n) is 2.57. The van der Waals surface area contributed by atoms with Gasteiger partial charge in [-0.15, -0.1) is 0 Å². The van der Waals surface area contributed by atoms with Crippen molar-refractivity contribution < 1.29 is 9.13 Å². The second kappa shape index (κ2) is 7.13. The smallest absolute Gasteiger partial charge is 0.135 e. The summed E-state index contributed by atoms with van der Waals surface area (Å²) >= 11 is 0. The van der Waals surface area contributed by atoms with Crippen LogP contribution in [0.2, 0.25) is 0 Å². The molecular formula is C20H18FN3O. The van der Waals surface area contributed by atoms with E-state index in [1.807, 2.05) is 30.3 Å². The van der Waals surface area contributed by atoms with Crippen molar-refractivity contribution in [2.45, 2.75) is 6.92 Å². The summed E-state index contributed by atoms with van der Waals surface area (Å²) in [5.41, 5.74) is 2.59. The van der Waals surface area contributed by atoms with Gasteiger partial charge in [-0.1, -0.05) is 43.0 Å². The summed E-state index contributed by atoms with van der Waals surface area (Å²) in [7, 11) is 1.50. The van der Waals surface area contributed by atoms with Gasteiger partial charge in [0.05, 0.1) is 35.6 Å². The van der Waals surface area contributed by atoms with Crippen molar-refractivity contribution in [3.63, 3.8) is 0 Å². The fourth-order valence-corrected chi connectivity index (χ4v) is 2.57. The maximum Gasteiger partial charge on any atom is 0.135 e. The number of aliphatic imine (C=N–C) groups is 1. The highest BCUT2D eigenvalue weighted by atomic mass is 19.1. The van der Waals surface area contributed by atoms with E-state index in [4.69, 9.17) is 4.74 Å². The summed E-state index contributed by atoms with van der Waals surface area (Å²) in [6, 6.07) is 14.5. The van der Waals surface area contributed by atoms with Gasteiger partial charge in [-0.2, -0.15) is 5.10 Å². The normalized spacial score (nSPS) is 12.4. The van der Waals surface area contributed by atoms with Gasteiger partial charge >= 0.3 is 0 Å². The molecule has 3 aromatic rings. The van der Waals surface area contributed by atoms with Crippen LogP contribution in [0.25, 0.3) is 24.0 Å². The van der Waals surface area contributed by atoms with Gasteiger partial charge in [0.2, 0.25) is 0 Å². The molecular weight excluding hydrogens is 317 g/mol. The van der Waals surface area contributed by atoms with Gasteiger partial charge in [0.25, 0.3) is 0 Å². The summed E-state index contributed by atoms with van der Waals surface area (Å²) < 4.78 is 19.3. The molecule has 126 valence electrons. The number of benzene rings is 2.